The van der Waals surface area contributed by atoms with Crippen molar-refractivity contribution in [1.82, 2.24) is 5.32 Å². The predicted octanol–water partition coefficient (Wildman–Crippen LogP) is -0.591. The van der Waals surface area contributed by atoms with Gasteiger partial charge >= 0.3 is 0 Å². The first-order chi connectivity index (χ1) is 3.77. The van der Waals surface area contributed by atoms with Gasteiger partial charge in [-0.05, 0) is 12.2 Å². The normalized spacial score (nSPS) is 8.00. The number of hydrogen-bond donors (Lipinski definition) is 2. The fraction of sp³-hybridized carbons (Fsp3) is 0.500. The minimum absolute atomic E-state index is 0.242. The summed E-state index contributed by atoms with van der Waals surface area (Å²) in [5.74, 6) is 0. The Balaban J connectivity index is 2.93. The number of nitrogens with one attached hydrogen (secondary N) is 1. The molecule has 0 fully saturated rings. The summed E-state index contributed by atoms with van der Waals surface area (Å²) in [5.41, 5.74) is 5.04. The average molecular weight is 132 g/mol. The SMILES string of the molecule is NC(=S)NCCC=O. The van der Waals surface area contributed by atoms with E-state index in [1.807, 2.05) is 0 Å². The summed E-state index contributed by atoms with van der Waals surface area (Å²) in [6.45, 7) is 0.541. The van der Waals surface area contributed by atoms with Crippen LogP contribution in [0.3, 0.4) is 0 Å². The Hall–Kier alpha value is -0.640. The highest BCUT2D eigenvalue weighted by Crippen LogP contribution is 1.65. The molecule has 0 bridgehead atoms. The number of nitrogens with two attached hydrogens (primary N) is 1. The van der Waals surface area contributed by atoms with Gasteiger partial charge in [-0.3, -0.25) is 0 Å². The Morgan fingerprint density at radius 3 is 2.88 bits per heavy atom. The van der Waals surface area contributed by atoms with E-state index in [0.29, 0.717) is 13.0 Å². The van der Waals surface area contributed by atoms with Crippen LogP contribution in [-0.2, 0) is 4.79 Å². The first-order valence-corrected chi connectivity index (χ1v) is 2.65. The van der Waals surface area contributed by atoms with Gasteiger partial charge in [0.25, 0.3) is 0 Å². The molecule has 0 rings (SSSR count). The Bertz CT molecular complexity index is 94.0. The van der Waals surface area contributed by atoms with Crippen LogP contribution in [0.15, 0.2) is 0 Å². The van der Waals surface area contributed by atoms with E-state index in [-0.39, 0.29) is 5.11 Å². The van der Waals surface area contributed by atoms with Crippen LogP contribution in [0.2, 0.25) is 0 Å². The number of thiocarbonyl (C=S) groups is 1. The second-order valence-electron chi connectivity index (χ2n) is 1.25. The molecular formula is C4H8N2OS. The Morgan fingerprint density at radius 1 is 1.88 bits per heavy atom. The van der Waals surface area contributed by atoms with Crippen molar-refractivity contribution >= 4 is 23.6 Å². The predicted molar refractivity (Wildman–Crippen MR) is 35.5 cm³/mol. The smallest absolute Gasteiger partial charge is 0.163 e. The molecule has 4 heteroatoms. The number of carbonyl (C=O) groups is 1. The molecule has 0 atom stereocenters. The fourth-order valence-corrected chi connectivity index (χ4v) is 0.356. The molecule has 0 heterocycles. The van der Waals surface area contributed by atoms with Crippen molar-refractivity contribution in [3.8, 4) is 0 Å². The first kappa shape index (κ1) is 7.36. The van der Waals surface area contributed by atoms with Crippen LogP contribution in [-0.4, -0.2) is 17.9 Å². The maximum absolute atomic E-state index is 9.66. The lowest BCUT2D eigenvalue weighted by Gasteiger charge is -1.96. The minimum Gasteiger partial charge on any atom is -0.376 e. The van der Waals surface area contributed by atoms with Crippen LogP contribution < -0.4 is 11.1 Å². The van der Waals surface area contributed by atoms with Gasteiger partial charge in [-0.1, -0.05) is 0 Å². The maximum atomic E-state index is 9.66. The highest BCUT2D eigenvalue weighted by Gasteiger charge is 1.82. The molecule has 0 aromatic rings. The van der Waals surface area contributed by atoms with Crippen molar-refractivity contribution in [2.24, 2.45) is 5.73 Å². The lowest BCUT2D eigenvalue weighted by atomic mass is 10.5. The molecule has 0 aromatic heterocycles. The summed E-state index contributed by atoms with van der Waals surface area (Å²) in [6, 6.07) is 0. The highest BCUT2D eigenvalue weighted by molar-refractivity contribution is 7.80. The molecule has 0 unspecified atom stereocenters. The lowest BCUT2D eigenvalue weighted by molar-refractivity contribution is -0.107. The molecular weight excluding hydrogens is 124 g/mol. The van der Waals surface area contributed by atoms with Crippen molar-refractivity contribution < 1.29 is 4.79 Å². The van der Waals surface area contributed by atoms with Gasteiger partial charge in [-0.15, -0.1) is 0 Å². The molecule has 3 nitrogen and oxygen atoms in total. The van der Waals surface area contributed by atoms with E-state index < -0.39 is 0 Å². The maximum Gasteiger partial charge on any atom is 0.163 e. The monoisotopic (exact) mass is 132 g/mol. The molecule has 0 aromatic carbocycles. The van der Waals surface area contributed by atoms with Gasteiger partial charge in [0.2, 0.25) is 0 Å². The minimum atomic E-state index is 0.242. The van der Waals surface area contributed by atoms with E-state index in [1.165, 1.54) is 0 Å². The van der Waals surface area contributed by atoms with Crippen LogP contribution in [0.5, 0.6) is 0 Å². The largest absolute Gasteiger partial charge is 0.376 e. The summed E-state index contributed by atoms with van der Waals surface area (Å²) in [7, 11) is 0. The number of rotatable bonds is 3. The third-order valence-corrected chi connectivity index (χ3v) is 0.706. The van der Waals surface area contributed by atoms with E-state index in [9.17, 15) is 4.79 Å². The van der Waals surface area contributed by atoms with Crippen molar-refractivity contribution in [1.29, 1.82) is 0 Å². The summed E-state index contributed by atoms with van der Waals surface area (Å²) in [5, 5.41) is 2.87. The molecule has 46 valence electrons. The van der Waals surface area contributed by atoms with Gasteiger partial charge in [-0.25, -0.2) is 0 Å². The molecule has 0 aliphatic heterocycles. The van der Waals surface area contributed by atoms with E-state index in [1.54, 1.807) is 0 Å². The molecule has 0 aliphatic carbocycles. The van der Waals surface area contributed by atoms with Gasteiger partial charge in [0, 0.05) is 13.0 Å². The molecule has 3 N–H and O–H groups in total. The van der Waals surface area contributed by atoms with Crippen LogP contribution >= 0.6 is 12.2 Å². The summed E-state index contributed by atoms with van der Waals surface area (Å²) >= 11 is 4.46. The van der Waals surface area contributed by atoms with Crippen LogP contribution in [0.4, 0.5) is 0 Å². The van der Waals surface area contributed by atoms with Crippen molar-refractivity contribution in [2.45, 2.75) is 6.42 Å². The van der Waals surface area contributed by atoms with Crippen LogP contribution in [0, 0.1) is 0 Å². The highest BCUT2D eigenvalue weighted by atomic mass is 32.1. The average Bonchev–Trinajstić information content (AvgIpc) is 1.66. The van der Waals surface area contributed by atoms with Gasteiger partial charge in [-0.2, -0.15) is 0 Å². The second kappa shape index (κ2) is 4.52. The summed E-state index contributed by atoms with van der Waals surface area (Å²) in [6.07, 6.45) is 1.27. The van der Waals surface area contributed by atoms with E-state index >= 15 is 0 Å². The Labute approximate surface area is 53.2 Å². The lowest BCUT2D eigenvalue weighted by Crippen LogP contribution is -2.29. The van der Waals surface area contributed by atoms with Crippen LogP contribution in [0.25, 0.3) is 0 Å². The van der Waals surface area contributed by atoms with Crippen LogP contribution in [0.1, 0.15) is 6.42 Å². The standard InChI is InChI=1S/C4H8N2OS/c5-4(8)6-2-1-3-7/h3H,1-2H2,(H3,5,6,8). The third kappa shape index (κ3) is 5.36. The van der Waals surface area contributed by atoms with Crippen molar-refractivity contribution in [3.05, 3.63) is 0 Å². The van der Waals surface area contributed by atoms with Gasteiger partial charge < -0.3 is 15.8 Å². The molecule has 0 amide bonds. The molecule has 0 spiro atoms. The number of carbonyl (C=O) groups excluding carboxylic acids is 1. The molecule has 8 heavy (non-hydrogen) atoms. The van der Waals surface area contributed by atoms with E-state index in [4.69, 9.17) is 5.73 Å². The number of hydrogen-bond acceptors (Lipinski definition) is 2. The van der Waals surface area contributed by atoms with Crippen molar-refractivity contribution in [2.75, 3.05) is 6.54 Å². The molecule has 0 radical (unpaired) electrons. The Morgan fingerprint density at radius 2 is 2.50 bits per heavy atom. The summed E-state index contributed by atoms with van der Waals surface area (Å²) < 4.78 is 0. The van der Waals surface area contributed by atoms with Gasteiger partial charge in [0.1, 0.15) is 6.29 Å². The fourth-order valence-electron chi connectivity index (χ4n) is 0.254. The second-order valence-corrected chi connectivity index (χ2v) is 1.69. The van der Waals surface area contributed by atoms with Crippen molar-refractivity contribution in [3.63, 3.8) is 0 Å². The first-order valence-electron chi connectivity index (χ1n) is 2.24. The molecule has 0 saturated heterocycles. The topological polar surface area (TPSA) is 55.1 Å². The molecule has 0 saturated carbocycles. The summed E-state index contributed by atoms with van der Waals surface area (Å²) in [4.78, 5) is 9.66. The third-order valence-electron chi connectivity index (χ3n) is 0.561. The zero-order valence-corrected chi connectivity index (χ0v) is 5.20. The zero-order chi connectivity index (χ0) is 6.41. The zero-order valence-electron chi connectivity index (χ0n) is 4.39. The van der Waals surface area contributed by atoms with E-state index in [0.717, 1.165) is 6.29 Å². The molecule has 0 aliphatic rings. The number of aldehydes is 1. The van der Waals surface area contributed by atoms with Gasteiger partial charge in [0.05, 0.1) is 0 Å². The quantitative estimate of drug-likeness (QED) is 0.306. The van der Waals surface area contributed by atoms with E-state index in [2.05, 4.69) is 17.5 Å². The Kier molecular flexibility index (Phi) is 4.16. The van der Waals surface area contributed by atoms with Gasteiger partial charge in [0.15, 0.2) is 5.11 Å².